The zero-order chi connectivity index (χ0) is 13.3. The summed E-state index contributed by atoms with van der Waals surface area (Å²) in [6.45, 7) is 6.43. The number of hydrogen-bond acceptors (Lipinski definition) is 4. The van der Waals surface area contributed by atoms with Crippen LogP contribution in [-0.4, -0.2) is 28.0 Å². The molecule has 1 fully saturated rings. The molecule has 18 heavy (non-hydrogen) atoms. The number of aromatic nitrogens is 2. The molecule has 1 aliphatic rings. The Balaban J connectivity index is 2.02. The van der Waals surface area contributed by atoms with Gasteiger partial charge in [-0.2, -0.15) is 0 Å². The van der Waals surface area contributed by atoms with Crippen molar-refractivity contribution >= 4 is 27.7 Å². The minimum absolute atomic E-state index is 0.0557. The summed E-state index contributed by atoms with van der Waals surface area (Å²) >= 11 is 3.22. The van der Waals surface area contributed by atoms with Gasteiger partial charge in [0.25, 0.3) is 0 Å². The van der Waals surface area contributed by atoms with E-state index in [0.717, 1.165) is 6.42 Å². The Labute approximate surface area is 115 Å². The summed E-state index contributed by atoms with van der Waals surface area (Å²) < 4.78 is 0.605. The van der Waals surface area contributed by atoms with Crippen LogP contribution in [0, 0.1) is 5.41 Å². The lowest BCUT2D eigenvalue weighted by Crippen LogP contribution is -2.38. The van der Waals surface area contributed by atoms with E-state index in [1.807, 2.05) is 0 Å². The summed E-state index contributed by atoms with van der Waals surface area (Å²) in [4.78, 5) is 20.2. The first-order valence-corrected chi connectivity index (χ1v) is 6.72. The summed E-state index contributed by atoms with van der Waals surface area (Å²) in [5.41, 5.74) is 0.130. The zero-order valence-corrected chi connectivity index (χ0v) is 12.3. The first kappa shape index (κ1) is 13.4. The highest BCUT2D eigenvalue weighted by Gasteiger charge is 2.40. The fraction of sp³-hybridized carbons (Fsp3) is 0.583. The van der Waals surface area contributed by atoms with Crippen LogP contribution in [0.15, 0.2) is 17.0 Å². The molecular weight excluding hydrogens is 296 g/mol. The SMILES string of the molecule is C[C@H]1N[C@H](C(=O)Nc2cncc(Br)n2)CC1(C)C. The van der Waals surface area contributed by atoms with Gasteiger partial charge in [0.2, 0.25) is 5.91 Å². The molecule has 2 rings (SSSR count). The van der Waals surface area contributed by atoms with Crippen LogP contribution in [0.1, 0.15) is 27.2 Å². The fourth-order valence-corrected chi connectivity index (χ4v) is 2.38. The van der Waals surface area contributed by atoms with Crippen molar-refractivity contribution < 1.29 is 4.79 Å². The Morgan fingerprint density at radius 2 is 2.28 bits per heavy atom. The molecule has 1 saturated heterocycles. The fourth-order valence-electron chi connectivity index (χ4n) is 2.07. The third kappa shape index (κ3) is 2.87. The summed E-state index contributed by atoms with van der Waals surface area (Å²) in [5.74, 6) is 0.411. The van der Waals surface area contributed by atoms with Gasteiger partial charge in [-0.15, -0.1) is 0 Å². The standard InChI is InChI=1S/C12H17BrN4O/c1-7-12(2,3)4-8(15-7)11(18)17-10-6-14-5-9(13)16-10/h5-8,15H,4H2,1-3H3,(H,16,17,18)/t7-,8+/m1/s1. The number of rotatable bonds is 2. The van der Waals surface area contributed by atoms with Gasteiger partial charge in [0.15, 0.2) is 5.82 Å². The summed E-state index contributed by atoms with van der Waals surface area (Å²) in [7, 11) is 0. The van der Waals surface area contributed by atoms with Crippen LogP contribution >= 0.6 is 15.9 Å². The second-order valence-electron chi connectivity index (χ2n) is 5.35. The maximum atomic E-state index is 12.1. The largest absolute Gasteiger partial charge is 0.308 e. The van der Waals surface area contributed by atoms with Crippen LogP contribution in [0.5, 0.6) is 0 Å². The van der Waals surface area contributed by atoms with Crippen LogP contribution < -0.4 is 10.6 Å². The first-order chi connectivity index (χ1) is 8.38. The molecule has 1 amide bonds. The van der Waals surface area contributed by atoms with Crippen molar-refractivity contribution in [3.63, 3.8) is 0 Å². The van der Waals surface area contributed by atoms with Gasteiger partial charge in [0.1, 0.15) is 4.60 Å². The number of hydrogen-bond donors (Lipinski definition) is 2. The molecule has 1 aliphatic heterocycles. The monoisotopic (exact) mass is 312 g/mol. The van der Waals surface area contributed by atoms with Crippen molar-refractivity contribution in [1.29, 1.82) is 0 Å². The van der Waals surface area contributed by atoms with E-state index in [9.17, 15) is 4.79 Å². The van der Waals surface area contributed by atoms with Gasteiger partial charge >= 0.3 is 0 Å². The molecule has 5 nitrogen and oxygen atoms in total. The lowest BCUT2D eigenvalue weighted by atomic mass is 9.84. The Morgan fingerprint density at radius 1 is 1.56 bits per heavy atom. The van der Waals surface area contributed by atoms with Crippen LogP contribution in [0.2, 0.25) is 0 Å². The molecule has 0 aromatic carbocycles. The Morgan fingerprint density at radius 3 is 2.83 bits per heavy atom. The van der Waals surface area contributed by atoms with E-state index in [1.165, 1.54) is 6.20 Å². The highest BCUT2D eigenvalue weighted by atomic mass is 79.9. The van der Waals surface area contributed by atoms with Gasteiger partial charge < -0.3 is 10.6 Å². The number of amides is 1. The predicted octanol–water partition coefficient (Wildman–Crippen LogP) is 1.95. The first-order valence-electron chi connectivity index (χ1n) is 5.93. The maximum Gasteiger partial charge on any atom is 0.242 e. The molecule has 0 unspecified atom stereocenters. The van der Waals surface area contributed by atoms with Crippen LogP contribution in [0.3, 0.4) is 0 Å². The van der Waals surface area contributed by atoms with Crippen molar-refractivity contribution in [2.45, 2.75) is 39.3 Å². The van der Waals surface area contributed by atoms with Crippen LogP contribution in [0.4, 0.5) is 5.82 Å². The second-order valence-corrected chi connectivity index (χ2v) is 6.16. The Hall–Kier alpha value is -1.01. The molecule has 0 aliphatic carbocycles. The third-order valence-corrected chi connectivity index (χ3v) is 3.91. The predicted molar refractivity (Wildman–Crippen MR) is 73.1 cm³/mol. The van der Waals surface area contributed by atoms with E-state index in [-0.39, 0.29) is 17.4 Å². The minimum Gasteiger partial charge on any atom is -0.308 e. The van der Waals surface area contributed by atoms with Gasteiger partial charge in [0, 0.05) is 6.04 Å². The van der Waals surface area contributed by atoms with Gasteiger partial charge in [0.05, 0.1) is 18.4 Å². The molecule has 2 N–H and O–H groups in total. The highest BCUT2D eigenvalue weighted by molar-refractivity contribution is 9.10. The molecule has 0 bridgehead atoms. The number of carbonyl (C=O) groups excluding carboxylic acids is 1. The maximum absolute atomic E-state index is 12.1. The molecule has 1 aromatic heterocycles. The van der Waals surface area contributed by atoms with Gasteiger partial charge in [-0.05, 0) is 34.7 Å². The van der Waals surface area contributed by atoms with E-state index in [1.54, 1.807) is 6.20 Å². The molecule has 2 atom stereocenters. The van der Waals surface area contributed by atoms with E-state index in [4.69, 9.17) is 0 Å². The molecule has 98 valence electrons. The summed E-state index contributed by atoms with van der Waals surface area (Å²) in [6.07, 6.45) is 3.93. The number of anilines is 1. The lowest BCUT2D eigenvalue weighted by Gasteiger charge is -2.21. The second kappa shape index (κ2) is 4.93. The van der Waals surface area contributed by atoms with E-state index >= 15 is 0 Å². The number of halogens is 1. The van der Waals surface area contributed by atoms with Gasteiger partial charge in [-0.1, -0.05) is 13.8 Å². The molecule has 0 spiro atoms. The number of nitrogens with one attached hydrogen (secondary N) is 2. The smallest absolute Gasteiger partial charge is 0.242 e. The van der Waals surface area contributed by atoms with E-state index in [2.05, 4.69) is 57.3 Å². The molecule has 0 saturated carbocycles. The van der Waals surface area contributed by atoms with Crippen molar-refractivity contribution in [3.8, 4) is 0 Å². The molecule has 6 heteroatoms. The Bertz CT molecular complexity index is 463. The van der Waals surface area contributed by atoms with E-state index in [0.29, 0.717) is 16.5 Å². The van der Waals surface area contributed by atoms with Crippen molar-refractivity contribution in [1.82, 2.24) is 15.3 Å². The van der Waals surface area contributed by atoms with E-state index < -0.39 is 0 Å². The van der Waals surface area contributed by atoms with Gasteiger partial charge in [-0.3, -0.25) is 9.78 Å². The van der Waals surface area contributed by atoms with Crippen molar-refractivity contribution in [2.24, 2.45) is 5.41 Å². The lowest BCUT2D eigenvalue weighted by molar-refractivity contribution is -0.118. The quantitative estimate of drug-likeness (QED) is 0.876. The van der Waals surface area contributed by atoms with Crippen LogP contribution in [0.25, 0.3) is 0 Å². The van der Waals surface area contributed by atoms with Crippen molar-refractivity contribution in [2.75, 3.05) is 5.32 Å². The van der Waals surface area contributed by atoms with Gasteiger partial charge in [-0.25, -0.2) is 4.98 Å². The third-order valence-electron chi connectivity index (χ3n) is 3.53. The zero-order valence-electron chi connectivity index (χ0n) is 10.7. The summed E-state index contributed by atoms with van der Waals surface area (Å²) in [5, 5.41) is 6.08. The average Bonchev–Trinajstić information content (AvgIpc) is 2.53. The van der Waals surface area contributed by atoms with Crippen LogP contribution in [-0.2, 0) is 4.79 Å². The number of nitrogens with zero attached hydrogens (tertiary/aromatic N) is 2. The highest BCUT2D eigenvalue weighted by Crippen LogP contribution is 2.33. The normalized spacial score (nSPS) is 26.0. The number of carbonyl (C=O) groups is 1. The summed E-state index contributed by atoms with van der Waals surface area (Å²) in [6, 6.07) is 0.151. The topological polar surface area (TPSA) is 66.9 Å². The Kier molecular flexibility index (Phi) is 3.68. The molecule has 0 radical (unpaired) electrons. The van der Waals surface area contributed by atoms with Crippen molar-refractivity contribution in [3.05, 3.63) is 17.0 Å². The molecule has 2 heterocycles. The molecule has 1 aromatic rings. The minimum atomic E-state index is -0.171. The average molecular weight is 313 g/mol. The molecular formula is C12H17BrN4O.